The summed E-state index contributed by atoms with van der Waals surface area (Å²) in [5, 5.41) is 11.6. The fourth-order valence-electron chi connectivity index (χ4n) is 5.73. The lowest BCUT2D eigenvalue weighted by Crippen LogP contribution is -2.01. The first kappa shape index (κ1) is 18.9. The number of benzene rings is 6. The Morgan fingerprint density at radius 3 is 1.85 bits per heavy atom. The minimum absolute atomic E-state index is 0.901. The van der Waals surface area contributed by atoms with Gasteiger partial charge in [-0.25, -0.2) is 0 Å². The summed E-state index contributed by atoms with van der Waals surface area (Å²) in [4.78, 5) is 0. The second kappa shape index (κ2) is 7.20. The third-order valence-corrected chi connectivity index (χ3v) is 7.46. The first-order valence-corrected chi connectivity index (χ1v) is 11.9. The Kier molecular flexibility index (Phi) is 4.13. The van der Waals surface area contributed by atoms with Crippen LogP contribution in [0.25, 0.3) is 60.3 Å². The Morgan fingerprint density at radius 1 is 0.485 bits per heavy atom. The van der Waals surface area contributed by atoms with Crippen LogP contribution < -0.4 is 0 Å². The topological polar surface area (TPSA) is 0 Å². The minimum Gasteiger partial charge on any atom is -0.0891 e. The van der Waals surface area contributed by atoms with Crippen molar-refractivity contribution in [2.24, 2.45) is 0 Å². The van der Waals surface area contributed by atoms with Crippen molar-refractivity contribution in [1.82, 2.24) is 0 Å². The smallest absolute Gasteiger partial charge is 0.0190 e. The summed E-state index contributed by atoms with van der Waals surface area (Å²) in [6.45, 7) is 0. The van der Waals surface area contributed by atoms with Crippen LogP contribution in [-0.4, -0.2) is 0 Å². The molecule has 1 aliphatic carbocycles. The van der Waals surface area contributed by atoms with E-state index < -0.39 is 0 Å². The Balaban J connectivity index is 1.78. The third-order valence-electron chi connectivity index (χ3n) is 7.16. The molecule has 0 nitrogen and oxygen atoms in total. The average Bonchev–Trinajstić information content (AvgIpc) is 2.88. The van der Waals surface area contributed by atoms with Gasteiger partial charge in [0, 0.05) is 5.03 Å². The van der Waals surface area contributed by atoms with Gasteiger partial charge in [-0.1, -0.05) is 103 Å². The lowest BCUT2D eigenvalue weighted by Gasteiger charge is -2.22. The molecule has 6 aromatic rings. The maximum atomic E-state index is 6.60. The molecule has 0 saturated heterocycles. The molecule has 33 heavy (non-hydrogen) atoms. The van der Waals surface area contributed by atoms with Crippen molar-refractivity contribution in [1.29, 1.82) is 0 Å². The molecule has 0 spiro atoms. The molecular weight excluding hydrogens is 420 g/mol. The van der Waals surface area contributed by atoms with E-state index in [1.807, 2.05) is 0 Å². The SMILES string of the molecule is ClC1=Cc2c(c3c4ccccc4c4ccccc4c3c3cc(-c4ccccc4)ccc23)CC1. The standard InChI is InChI=1S/C32H21Cl/c33-22-15-17-28-29(19-22)25-16-14-21(20-8-2-1-3-9-20)18-30(25)32-27-13-7-5-11-24(27)23-10-4-6-12-26(23)31(28)32/h1-14,16,18-19H,15,17H2. The predicted molar refractivity (Wildman–Crippen MR) is 144 cm³/mol. The summed E-state index contributed by atoms with van der Waals surface area (Å²) in [6, 6.07) is 35.3. The van der Waals surface area contributed by atoms with Crippen molar-refractivity contribution in [2.45, 2.75) is 12.8 Å². The molecule has 0 aromatic heterocycles. The van der Waals surface area contributed by atoms with Crippen LogP contribution in [0.3, 0.4) is 0 Å². The number of fused-ring (bicyclic) bond motifs is 11. The molecule has 6 aromatic carbocycles. The van der Waals surface area contributed by atoms with Crippen molar-refractivity contribution in [3.8, 4) is 11.1 Å². The van der Waals surface area contributed by atoms with Crippen molar-refractivity contribution in [3.63, 3.8) is 0 Å². The molecule has 1 aliphatic rings. The van der Waals surface area contributed by atoms with E-state index in [-0.39, 0.29) is 0 Å². The largest absolute Gasteiger partial charge is 0.0891 e. The fourth-order valence-corrected chi connectivity index (χ4v) is 5.93. The lowest BCUT2D eigenvalue weighted by molar-refractivity contribution is 0.985. The summed E-state index contributed by atoms with van der Waals surface area (Å²) in [5.74, 6) is 0. The highest BCUT2D eigenvalue weighted by atomic mass is 35.5. The first-order chi connectivity index (χ1) is 16.3. The number of aryl methyl sites for hydroxylation is 1. The van der Waals surface area contributed by atoms with Gasteiger partial charge in [0.1, 0.15) is 0 Å². The normalized spacial score (nSPS) is 13.5. The van der Waals surface area contributed by atoms with Gasteiger partial charge in [-0.15, -0.1) is 0 Å². The zero-order valence-corrected chi connectivity index (χ0v) is 18.9. The maximum Gasteiger partial charge on any atom is 0.0190 e. The van der Waals surface area contributed by atoms with E-state index in [2.05, 4.69) is 103 Å². The fraction of sp³-hybridized carbons (Fsp3) is 0.0625. The third kappa shape index (κ3) is 2.78. The van der Waals surface area contributed by atoms with Gasteiger partial charge >= 0.3 is 0 Å². The number of rotatable bonds is 1. The zero-order chi connectivity index (χ0) is 21.9. The molecule has 0 heterocycles. The van der Waals surface area contributed by atoms with E-state index in [1.165, 1.54) is 65.3 Å². The Bertz CT molecular complexity index is 1760. The van der Waals surface area contributed by atoms with Crippen LogP contribution in [-0.2, 0) is 6.42 Å². The molecule has 0 fully saturated rings. The molecule has 0 N–H and O–H groups in total. The number of halogens is 1. The van der Waals surface area contributed by atoms with Crippen molar-refractivity contribution >= 4 is 60.8 Å². The molecule has 0 radical (unpaired) electrons. The van der Waals surface area contributed by atoms with Crippen molar-refractivity contribution in [3.05, 3.63) is 113 Å². The monoisotopic (exact) mass is 440 g/mol. The van der Waals surface area contributed by atoms with Gasteiger partial charge in [0.15, 0.2) is 0 Å². The molecule has 7 rings (SSSR count). The highest BCUT2D eigenvalue weighted by Gasteiger charge is 2.21. The van der Waals surface area contributed by atoms with Crippen LogP contribution in [0.4, 0.5) is 0 Å². The van der Waals surface area contributed by atoms with Gasteiger partial charge < -0.3 is 0 Å². The van der Waals surface area contributed by atoms with Crippen LogP contribution in [0.5, 0.6) is 0 Å². The van der Waals surface area contributed by atoms with E-state index in [9.17, 15) is 0 Å². The van der Waals surface area contributed by atoms with Crippen LogP contribution >= 0.6 is 11.6 Å². The molecule has 0 amide bonds. The van der Waals surface area contributed by atoms with Crippen molar-refractivity contribution in [2.75, 3.05) is 0 Å². The molecule has 0 atom stereocenters. The molecule has 0 saturated carbocycles. The van der Waals surface area contributed by atoms with E-state index >= 15 is 0 Å². The highest BCUT2D eigenvalue weighted by Crippen LogP contribution is 2.46. The van der Waals surface area contributed by atoms with E-state index in [0.717, 1.165) is 17.9 Å². The van der Waals surface area contributed by atoms with E-state index in [0.29, 0.717) is 0 Å². The predicted octanol–water partition coefficient (Wildman–Crippen LogP) is 9.49. The second-order valence-electron chi connectivity index (χ2n) is 8.95. The Hall–Kier alpha value is -3.61. The molecular formula is C32H21Cl. The van der Waals surface area contributed by atoms with Crippen LogP contribution in [0.15, 0.2) is 102 Å². The lowest BCUT2D eigenvalue weighted by atomic mass is 9.82. The maximum absolute atomic E-state index is 6.60. The van der Waals surface area contributed by atoms with Crippen LogP contribution in [0.2, 0.25) is 0 Å². The first-order valence-electron chi connectivity index (χ1n) is 11.5. The molecule has 156 valence electrons. The minimum atomic E-state index is 0.901. The van der Waals surface area contributed by atoms with Gasteiger partial charge in [-0.2, -0.15) is 0 Å². The van der Waals surface area contributed by atoms with E-state index in [4.69, 9.17) is 11.6 Å². The van der Waals surface area contributed by atoms with Crippen LogP contribution in [0, 0.1) is 0 Å². The average molecular weight is 441 g/mol. The van der Waals surface area contributed by atoms with Gasteiger partial charge in [-0.3, -0.25) is 0 Å². The summed E-state index contributed by atoms with van der Waals surface area (Å²) in [7, 11) is 0. The summed E-state index contributed by atoms with van der Waals surface area (Å²) < 4.78 is 0. The van der Waals surface area contributed by atoms with Gasteiger partial charge in [-0.05, 0) is 90.3 Å². The molecule has 1 heteroatoms. The van der Waals surface area contributed by atoms with Gasteiger partial charge in [0.25, 0.3) is 0 Å². The second-order valence-corrected chi connectivity index (χ2v) is 9.44. The number of hydrogen-bond donors (Lipinski definition) is 0. The summed E-state index contributed by atoms with van der Waals surface area (Å²) in [5.41, 5.74) is 5.20. The summed E-state index contributed by atoms with van der Waals surface area (Å²) in [6.07, 6.45) is 4.08. The number of allylic oxidation sites excluding steroid dienone is 1. The molecule has 0 aliphatic heterocycles. The summed E-state index contributed by atoms with van der Waals surface area (Å²) >= 11 is 6.60. The molecule has 0 bridgehead atoms. The van der Waals surface area contributed by atoms with Gasteiger partial charge in [0.05, 0.1) is 0 Å². The van der Waals surface area contributed by atoms with Crippen molar-refractivity contribution < 1.29 is 0 Å². The van der Waals surface area contributed by atoms with E-state index in [1.54, 1.807) is 0 Å². The quantitative estimate of drug-likeness (QED) is 0.223. The van der Waals surface area contributed by atoms with Gasteiger partial charge in [0.2, 0.25) is 0 Å². The van der Waals surface area contributed by atoms with Crippen LogP contribution in [0.1, 0.15) is 17.5 Å². The Labute approximate surface area is 197 Å². The zero-order valence-electron chi connectivity index (χ0n) is 18.1. The number of hydrogen-bond acceptors (Lipinski definition) is 0. The Morgan fingerprint density at radius 2 is 1.12 bits per heavy atom. The highest BCUT2D eigenvalue weighted by molar-refractivity contribution is 6.35. The molecule has 0 unspecified atom stereocenters.